The molecule has 2 heterocycles. The topological polar surface area (TPSA) is 35.6 Å². The Morgan fingerprint density at radius 2 is 2.12 bits per heavy atom. The van der Waals surface area contributed by atoms with Crippen molar-refractivity contribution in [3.05, 3.63) is 23.5 Å². The smallest absolute Gasteiger partial charge is 0.266 e. The van der Waals surface area contributed by atoms with Gasteiger partial charge in [0.05, 0.1) is 5.69 Å². The minimum absolute atomic E-state index is 0.0569. The van der Waals surface area contributed by atoms with Gasteiger partial charge in [0.25, 0.3) is 0 Å². The molecule has 0 saturated carbocycles. The maximum atomic E-state index is 12.2. The van der Waals surface area contributed by atoms with Gasteiger partial charge in [-0.05, 0) is 6.07 Å². The Balaban J connectivity index is 2.34. The molecule has 2 aromatic heterocycles. The number of aromatic nitrogens is 4. The molecule has 0 bridgehead atoms. The molecule has 0 aliphatic carbocycles. The van der Waals surface area contributed by atoms with Crippen LogP contribution < -0.4 is 0 Å². The summed E-state index contributed by atoms with van der Waals surface area (Å²) in [7, 11) is 1.67. The van der Waals surface area contributed by atoms with E-state index in [2.05, 4.69) is 10.2 Å². The zero-order valence-corrected chi connectivity index (χ0v) is 9.50. The molecule has 8 heteroatoms. The summed E-state index contributed by atoms with van der Waals surface area (Å²) in [5.74, 6) is 0. The van der Waals surface area contributed by atoms with Crippen molar-refractivity contribution >= 4 is 11.6 Å². The molecule has 0 aliphatic rings. The van der Waals surface area contributed by atoms with E-state index in [1.165, 1.54) is 16.9 Å². The van der Waals surface area contributed by atoms with Crippen LogP contribution in [-0.4, -0.2) is 25.7 Å². The molecular weight excluding hydrogens is 257 g/mol. The van der Waals surface area contributed by atoms with Gasteiger partial charge in [-0.15, -0.1) is 0 Å². The van der Waals surface area contributed by atoms with E-state index in [1.54, 1.807) is 13.1 Å². The van der Waals surface area contributed by atoms with Gasteiger partial charge in [-0.3, -0.25) is 4.68 Å². The van der Waals surface area contributed by atoms with E-state index in [0.717, 1.165) is 0 Å². The third kappa shape index (κ3) is 2.60. The molecule has 0 radical (unpaired) electrons. The van der Waals surface area contributed by atoms with Crippen molar-refractivity contribution < 1.29 is 13.2 Å². The number of halogens is 4. The first-order chi connectivity index (χ1) is 7.87. The average molecular weight is 265 g/mol. The summed E-state index contributed by atoms with van der Waals surface area (Å²) < 4.78 is 38.9. The summed E-state index contributed by atoms with van der Waals surface area (Å²) in [6.45, 7) is -1.20. The Morgan fingerprint density at radius 1 is 1.41 bits per heavy atom. The second-order valence-corrected chi connectivity index (χ2v) is 3.85. The zero-order valence-electron chi connectivity index (χ0n) is 8.74. The minimum atomic E-state index is -4.35. The van der Waals surface area contributed by atoms with Gasteiger partial charge in [0.1, 0.15) is 17.4 Å². The number of alkyl halides is 3. The number of hydrogen-bond acceptors (Lipinski definition) is 2. The largest absolute Gasteiger partial charge is 0.408 e. The molecule has 92 valence electrons. The molecular formula is C9H8ClF3N4. The summed E-state index contributed by atoms with van der Waals surface area (Å²) in [6, 6.07) is 3.03. The van der Waals surface area contributed by atoms with Gasteiger partial charge in [-0.1, -0.05) is 11.6 Å². The predicted molar refractivity (Wildman–Crippen MR) is 55.5 cm³/mol. The van der Waals surface area contributed by atoms with Gasteiger partial charge in [0.2, 0.25) is 0 Å². The first-order valence-electron chi connectivity index (χ1n) is 4.65. The Morgan fingerprint density at radius 3 is 2.65 bits per heavy atom. The summed E-state index contributed by atoms with van der Waals surface area (Å²) in [6.07, 6.45) is -2.81. The van der Waals surface area contributed by atoms with Crippen molar-refractivity contribution in [2.24, 2.45) is 7.05 Å². The van der Waals surface area contributed by atoms with Crippen molar-refractivity contribution in [3.8, 4) is 11.4 Å². The number of nitrogens with zero attached hydrogens (tertiary/aromatic N) is 4. The zero-order chi connectivity index (χ0) is 12.6. The first kappa shape index (κ1) is 12.0. The number of rotatable bonds is 2. The van der Waals surface area contributed by atoms with Gasteiger partial charge in [-0.25, -0.2) is 4.68 Å². The lowest BCUT2D eigenvalue weighted by Crippen LogP contribution is -2.18. The molecule has 17 heavy (non-hydrogen) atoms. The van der Waals surface area contributed by atoms with E-state index in [0.29, 0.717) is 16.1 Å². The lowest BCUT2D eigenvalue weighted by molar-refractivity contribution is -0.142. The molecule has 0 spiro atoms. The average Bonchev–Trinajstić information content (AvgIpc) is 2.72. The lowest BCUT2D eigenvalue weighted by Gasteiger charge is -2.06. The van der Waals surface area contributed by atoms with E-state index < -0.39 is 12.7 Å². The maximum Gasteiger partial charge on any atom is 0.408 e. The van der Waals surface area contributed by atoms with Crippen LogP contribution >= 0.6 is 11.6 Å². The van der Waals surface area contributed by atoms with Crippen molar-refractivity contribution in [2.45, 2.75) is 12.7 Å². The van der Waals surface area contributed by atoms with Crippen LogP contribution in [0.5, 0.6) is 0 Å². The third-order valence-electron chi connectivity index (χ3n) is 2.14. The molecule has 2 aromatic rings. The normalized spacial score (nSPS) is 12.1. The highest BCUT2D eigenvalue weighted by atomic mass is 35.5. The quantitative estimate of drug-likeness (QED) is 0.835. The van der Waals surface area contributed by atoms with Crippen LogP contribution in [0.25, 0.3) is 11.4 Å². The fraction of sp³-hybridized carbons (Fsp3) is 0.333. The fourth-order valence-corrected chi connectivity index (χ4v) is 1.63. The summed E-state index contributed by atoms with van der Waals surface area (Å²) in [4.78, 5) is 0. The van der Waals surface area contributed by atoms with Crippen molar-refractivity contribution in [2.75, 3.05) is 0 Å². The van der Waals surface area contributed by atoms with Crippen LogP contribution in [0.3, 0.4) is 0 Å². The standard InChI is InChI=1S/C9H8ClF3N4/c1-16-7(2-3-14-16)6-4-8(10)17(15-6)5-9(11,12)13/h2-4H,5H2,1H3. The summed E-state index contributed by atoms with van der Waals surface area (Å²) >= 11 is 5.69. The van der Waals surface area contributed by atoms with Gasteiger partial charge in [0, 0.05) is 19.3 Å². The minimum Gasteiger partial charge on any atom is -0.266 e. The van der Waals surface area contributed by atoms with Crippen LogP contribution in [0.4, 0.5) is 13.2 Å². The van der Waals surface area contributed by atoms with E-state index >= 15 is 0 Å². The molecule has 0 atom stereocenters. The Kier molecular flexibility index (Phi) is 2.86. The van der Waals surface area contributed by atoms with E-state index in [1.807, 2.05) is 0 Å². The van der Waals surface area contributed by atoms with Crippen molar-refractivity contribution in [1.82, 2.24) is 19.6 Å². The van der Waals surface area contributed by atoms with Gasteiger partial charge >= 0.3 is 6.18 Å². The van der Waals surface area contributed by atoms with Crippen molar-refractivity contribution in [1.29, 1.82) is 0 Å². The van der Waals surface area contributed by atoms with E-state index in [9.17, 15) is 13.2 Å². The van der Waals surface area contributed by atoms with Crippen LogP contribution in [0.1, 0.15) is 0 Å². The lowest BCUT2D eigenvalue weighted by atomic mass is 10.3. The second-order valence-electron chi connectivity index (χ2n) is 3.47. The molecule has 0 fully saturated rings. The maximum absolute atomic E-state index is 12.2. The molecule has 0 N–H and O–H groups in total. The molecule has 2 rings (SSSR count). The highest BCUT2D eigenvalue weighted by Crippen LogP contribution is 2.24. The first-order valence-corrected chi connectivity index (χ1v) is 5.03. The van der Waals surface area contributed by atoms with E-state index in [4.69, 9.17) is 11.6 Å². The Bertz CT molecular complexity index is 529. The fourth-order valence-electron chi connectivity index (χ4n) is 1.43. The van der Waals surface area contributed by atoms with Crippen LogP contribution in [0.15, 0.2) is 18.3 Å². The number of aryl methyl sites for hydroxylation is 1. The molecule has 0 saturated heterocycles. The molecule has 0 aliphatic heterocycles. The predicted octanol–water partition coefficient (Wildman–Crippen LogP) is 2.50. The second kappa shape index (κ2) is 4.06. The highest BCUT2D eigenvalue weighted by molar-refractivity contribution is 6.29. The Hall–Kier alpha value is -1.50. The molecule has 4 nitrogen and oxygen atoms in total. The van der Waals surface area contributed by atoms with Gasteiger partial charge in [-0.2, -0.15) is 23.4 Å². The molecule has 0 amide bonds. The van der Waals surface area contributed by atoms with Crippen molar-refractivity contribution in [3.63, 3.8) is 0 Å². The van der Waals surface area contributed by atoms with Gasteiger partial charge in [0.15, 0.2) is 0 Å². The summed E-state index contributed by atoms with van der Waals surface area (Å²) in [5, 5.41) is 7.65. The third-order valence-corrected chi connectivity index (χ3v) is 2.45. The van der Waals surface area contributed by atoms with Crippen LogP contribution in [0.2, 0.25) is 5.15 Å². The monoisotopic (exact) mass is 264 g/mol. The van der Waals surface area contributed by atoms with Crippen LogP contribution in [-0.2, 0) is 13.6 Å². The molecule has 0 unspecified atom stereocenters. The van der Waals surface area contributed by atoms with Crippen LogP contribution in [0, 0.1) is 0 Å². The SMILES string of the molecule is Cn1nccc1-c1cc(Cl)n(CC(F)(F)F)n1. The molecule has 0 aromatic carbocycles. The Labute approximate surface area is 99.6 Å². The number of hydrogen-bond donors (Lipinski definition) is 0. The van der Waals surface area contributed by atoms with Gasteiger partial charge < -0.3 is 0 Å². The summed E-state index contributed by atoms with van der Waals surface area (Å²) in [5.41, 5.74) is 0.965. The van der Waals surface area contributed by atoms with E-state index in [-0.39, 0.29) is 5.15 Å². The highest BCUT2D eigenvalue weighted by Gasteiger charge is 2.29.